The predicted octanol–water partition coefficient (Wildman–Crippen LogP) is 3.92. The lowest BCUT2D eigenvalue weighted by Crippen LogP contribution is -2.25. The Balaban J connectivity index is 2.01. The SMILES string of the molecule is COc1cc(CSc2nc3cc(Cl)ccc3c(=O)n2C(C)C)on1. The number of aromatic nitrogens is 3. The standard InChI is InChI=1S/C16H16ClN3O3S/c1-9(2)20-15(21)12-5-4-10(17)6-13(12)18-16(20)24-8-11-7-14(22-3)19-23-11/h4-7,9H,8H2,1-3H3. The molecule has 0 aliphatic carbocycles. The van der Waals surface area contributed by atoms with Gasteiger partial charge in [0.05, 0.1) is 23.8 Å². The lowest BCUT2D eigenvalue weighted by molar-refractivity contribution is 0.330. The number of hydrogen-bond acceptors (Lipinski definition) is 6. The number of benzene rings is 1. The van der Waals surface area contributed by atoms with Crippen LogP contribution in [0.3, 0.4) is 0 Å². The Labute approximate surface area is 147 Å². The number of thioether (sulfide) groups is 1. The van der Waals surface area contributed by atoms with Gasteiger partial charge in [0.15, 0.2) is 10.9 Å². The van der Waals surface area contributed by atoms with Crippen molar-refractivity contribution in [2.45, 2.75) is 30.8 Å². The molecule has 0 fully saturated rings. The van der Waals surface area contributed by atoms with Crippen molar-refractivity contribution in [3.05, 3.63) is 45.4 Å². The molecule has 0 aliphatic rings. The van der Waals surface area contributed by atoms with E-state index in [1.807, 2.05) is 13.8 Å². The first kappa shape index (κ1) is 16.9. The van der Waals surface area contributed by atoms with Crippen LogP contribution in [0.15, 0.2) is 38.7 Å². The van der Waals surface area contributed by atoms with Crippen molar-refractivity contribution in [2.24, 2.45) is 0 Å². The van der Waals surface area contributed by atoms with E-state index in [0.29, 0.717) is 38.5 Å². The molecule has 0 bridgehead atoms. The van der Waals surface area contributed by atoms with Crippen molar-refractivity contribution in [3.8, 4) is 5.88 Å². The summed E-state index contributed by atoms with van der Waals surface area (Å²) in [4.78, 5) is 17.4. The molecule has 0 aliphatic heterocycles. The van der Waals surface area contributed by atoms with Crippen LogP contribution in [0.25, 0.3) is 10.9 Å². The van der Waals surface area contributed by atoms with Crippen LogP contribution in [0.1, 0.15) is 25.6 Å². The number of methoxy groups -OCH3 is 1. The first-order valence-corrected chi connectivity index (χ1v) is 8.70. The van der Waals surface area contributed by atoms with E-state index in [-0.39, 0.29) is 11.6 Å². The summed E-state index contributed by atoms with van der Waals surface area (Å²) < 4.78 is 11.9. The van der Waals surface area contributed by atoms with Crippen LogP contribution in [-0.2, 0) is 5.75 Å². The molecule has 3 rings (SSSR count). The summed E-state index contributed by atoms with van der Waals surface area (Å²) in [7, 11) is 1.53. The normalized spacial score (nSPS) is 11.4. The Morgan fingerprint density at radius 2 is 2.17 bits per heavy atom. The van der Waals surface area contributed by atoms with E-state index in [0.717, 1.165) is 0 Å². The van der Waals surface area contributed by atoms with E-state index < -0.39 is 0 Å². The highest BCUT2D eigenvalue weighted by atomic mass is 35.5. The van der Waals surface area contributed by atoms with Crippen molar-refractivity contribution in [1.29, 1.82) is 0 Å². The van der Waals surface area contributed by atoms with Gasteiger partial charge in [-0.05, 0) is 37.2 Å². The van der Waals surface area contributed by atoms with Gasteiger partial charge in [0.25, 0.3) is 11.4 Å². The maximum Gasteiger partial charge on any atom is 0.262 e. The van der Waals surface area contributed by atoms with Gasteiger partial charge in [0, 0.05) is 17.1 Å². The Morgan fingerprint density at radius 1 is 1.38 bits per heavy atom. The van der Waals surface area contributed by atoms with Gasteiger partial charge in [-0.15, -0.1) is 0 Å². The molecule has 6 nitrogen and oxygen atoms in total. The monoisotopic (exact) mass is 365 g/mol. The van der Waals surface area contributed by atoms with Crippen LogP contribution in [0, 0.1) is 0 Å². The maximum absolute atomic E-state index is 12.8. The molecule has 3 aromatic rings. The topological polar surface area (TPSA) is 70.2 Å². The highest BCUT2D eigenvalue weighted by Gasteiger charge is 2.15. The first-order chi connectivity index (χ1) is 11.5. The molecule has 0 saturated heterocycles. The molecule has 2 aromatic heterocycles. The smallest absolute Gasteiger partial charge is 0.262 e. The molecule has 24 heavy (non-hydrogen) atoms. The quantitative estimate of drug-likeness (QED) is 0.504. The highest BCUT2D eigenvalue weighted by molar-refractivity contribution is 7.98. The number of nitrogens with zero attached hydrogens (tertiary/aromatic N) is 3. The fraction of sp³-hybridized carbons (Fsp3) is 0.312. The molecule has 8 heteroatoms. The molecule has 1 aromatic carbocycles. The lowest BCUT2D eigenvalue weighted by atomic mass is 10.2. The molecule has 0 spiro atoms. The summed E-state index contributed by atoms with van der Waals surface area (Å²) in [5.74, 6) is 1.56. The zero-order valence-electron chi connectivity index (χ0n) is 13.4. The zero-order chi connectivity index (χ0) is 17.3. The van der Waals surface area contributed by atoms with Gasteiger partial charge < -0.3 is 9.26 Å². The third kappa shape index (κ3) is 3.27. The van der Waals surface area contributed by atoms with Crippen LogP contribution in [0.2, 0.25) is 5.02 Å². The van der Waals surface area contributed by atoms with Gasteiger partial charge in [-0.1, -0.05) is 23.4 Å². The summed E-state index contributed by atoms with van der Waals surface area (Å²) in [6.45, 7) is 3.90. The van der Waals surface area contributed by atoms with Crippen molar-refractivity contribution < 1.29 is 9.26 Å². The Morgan fingerprint density at radius 3 is 2.83 bits per heavy atom. The van der Waals surface area contributed by atoms with Crippen molar-refractivity contribution >= 4 is 34.3 Å². The number of fused-ring (bicyclic) bond motifs is 1. The Kier molecular flexibility index (Phi) is 4.82. The summed E-state index contributed by atoms with van der Waals surface area (Å²) in [5, 5.41) is 5.48. The number of rotatable bonds is 5. The predicted molar refractivity (Wildman–Crippen MR) is 94.0 cm³/mol. The van der Waals surface area contributed by atoms with E-state index >= 15 is 0 Å². The first-order valence-electron chi connectivity index (χ1n) is 7.33. The molecule has 126 valence electrons. The second-order valence-corrected chi connectivity index (χ2v) is 6.83. The van der Waals surface area contributed by atoms with E-state index in [1.54, 1.807) is 28.8 Å². The molecule has 0 unspecified atom stereocenters. The average molecular weight is 366 g/mol. The number of ether oxygens (including phenoxy) is 1. The lowest BCUT2D eigenvalue weighted by Gasteiger charge is -2.15. The minimum Gasteiger partial charge on any atom is -0.479 e. The molecule has 0 amide bonds. The largest absolute Gasteiger partial charge is 0.479 e. The van der Waals surface area contributed by atoms with Crippen LogP contribution in [0.4, 0.5) is 0 Å². The highest BCUT2D eigenvalue weighted by Crippen LogP contribution is 2.26. The summed E-state index contributed by atoms with van der Waals surface area (Å²) >= 11 is 7.43. The number of hydrogen-bond donors (Lipinski definition) is 0. The second-order valence-electron chi connectivity index (χ2n) is 5.45. The van der Waals surface area contributed by atoms with Crippen LogP contribution in [0.5, 0.6) is 5.88 Å². The summed E-state index contributed by atoms with van der Waals surface area (Å²) in [5.41, 5.74) is 0.506. The van der Waals surface area contributed by atoms with Crippen molar-refractivity contribution in [3.63, 3.8) is 0 Å². The minimum atomic E-state index is -0.0793. The van der Waals surface area contributed by atoms with Crippen LogP contribution >= 0.6 is 23.4 Å². The second kappa shape index (κ2) is 6.86. The van der Waals surface area contributed by atoms with Crippen LogP contribution < -0.4 is 10.3 Å². The molecule has 0 N–H and O–H groups in total. The van der Waals surface area contributed by atoms with E-state index in [9.17, 15) is 4.79 Å². The molecular weight excluding hydrogens is 350 g/mol. The van der Waals surface area contributed by atoms with Crippen LogP contribution in [-0.4, -0.2) is 21.8 Å². The van der Waals surface area contributed by atoms with Gasteiger partial charge in [-0.3, -0.25) is 9.36 Å². The van der Waals surface area contributed by atoms with Crippen molar-refractivity contribution in [2.75, 3.05) is 7.11 Å². The molecular formula is C16H16ClN3O3S. The Hall–Kier alpha value is -1.99. The fourth-order valence-electron chi connectivity index (χ4n) is 2.30. The van der Waals surface area contributed by atoms with E-state index in [1.165, 1.54) is 18.9 Å². The molecule has 0 radical (unpaired) electrons. The molecule has 0 saturated carbocycles. The van der Waals surface area contributed by atoms with Gasteiger partial charge in [0.1, 0.15) is 0 Å². The third-order valence-corrected chi connectivity index (χ3v) is 4.65. The van der Waals surface area contributed by atoms with Gasteiger partial charge in [0.2, 0.25) is 0 Å². The van der Waals surface area contributed by atoms with Crippen molar-refractivity contribution in [1.82, 2.24) is 14.7 Å². The maximum atomic E-state index is 12.8. The van der Waals surface area contributed by atoms with Gasteiger partial charge >= 0.3 is 0 Å². The Bertz CT molecular complexity index is 936. The average Bonchev–Trinajstić information content (AvgIpc) is 3.00. The summed E-state index contributed by atoms with van der Waals surface area (Å²) in [6.07, 6.45) is 0. The van der Waals surface area contributed by atoms with Gasteiger partial charge in [-0.2, -0.15) is 0 Å². The number of halogens is 1. The van der Waals surface area contributed by atoms with E-state index in [2.05, 4.69) is 10.1 Å². The van der Waals surface area contributed by atoms with Gasteiger partial charge in [-0.25, -0.2) is 4.98 Å². The molecule has 0 atom stereocenters. The summed E-state index contributed by atoms with van der Waals surface area (Å²) in [6, 6.07) is 6.80. The minimum absolute atomic E-state index is 0.0168. The molecule has 2 heterocycles. The zero-order valence-corrected chi connectivity index (χ0v) is 15.0. The third-order valence-electron chi connectivity index (χ3n) is 3.44. The fourth-order valence-corrected chi connectivity index (χ4v) is 3.47. The van der Waals surface area contributed by atoms with E-state index in [4.69, 9.17) is 20.9 Å².